The van der Waals surface area contributed by atoms with Crippen LogP contribution in [0.5, 0.6) is 0 Å². The maximum Gasteiger partial charge on any atom is 0.481 e. The number of aliphatic hydroxyl groups excluding tert-OH is 3. The van der Waals surface area contributed by atoms with Gasteiger partial charge in [-0.25, -0.2) is 28.6 Å². The summed E-state index contributed by atoms with van der Waals surface area (Å²) in [4.78, 5) is 97.9. The number of carbonyl (C=O) groups excluding carboxylic acids is 3. The number of hydrogen-bond acceptors (Lipinski definition) is 20. The van der Waals surface area contributed by atoms with Crippen molar-refractivity contribution < 1.29 is 95.5 Å². The molecular weight excluding hydrogens is 867 g/mol. The number of thioether (sulfide) groups is 1. The van der Waals surface area contributed by atoms with Gasteiger partial charge >= 0.3 is 29.4 Å². The molecule has 0 saturated carbocycles. The number of carboxylic acids is 1. The molecule has 0 bridgehead atoms. The van der Waals surface area contributed by atoms with Crippen molar-refractivity contribution in [2.24, 2.45) is 5.41 Å². The normalized spacial score (nSPS) is 21.8. The lowest BCUT2D eigenvalue weighted by molar-refractivity contribution is -0.138. The van der Waals surface area contributed by atoms with Gasteiger partial charge in [-0.1, -0.05) is 25.6 Å². The van der Waals surface area contributed by atoms with Crippen molar-refractivity contribution in [3.63, 3.8) is 0 Å². The molecule has 4 unspecified atom stereocenters. The van der Waals surface area contributed by atoms with Crippen molar-refractivity contribution in [3.05, 3.63) is 12.7 Å². The number of fused-ring (bicyclic) bond motifs is 1. The molecule has 1 saturated heterocycles. The Morgan fingerprint density at radius 2 is 1.69 bits per heavy atom. The predicted octanol–water partition coefficient (Wildman–Crippen LogP) is -1.72. The van der Waals surface area contributed by atoms with Crippen molar-refractivity contribution in [1.82, 2.24) is 30.2 Å². The van der Waals surface area contributed by atoms with Crippen LogP contribution in [0.2, 0.25) is 0 Å². The van der Waals surface area contributed by atoms with E-state index in [9.17, 15) is 67.8 Å². The third-order valence-electron chi connectivity index (χ3n) is 7.89. The Morgan fingerprint density at radius 1 is 1.02 bits per heavy atom. The van der Waals surface area contributed by atoms with Crippen LogP contribution >= 0.6 is 35.2 Å². The third kappa shape index (κ3) is 15.2. The molecule has 0 spiro atoms. The highest BCUT2D eigenvalue weighted by atomic mass is 32.2. The van der Waals surface area contributed by atoms with E-state index in [-0.39, 0.29) is 61.5 Å². The van der Waals surface area contributed by atoms with Crippen LogP contribution in [-0.4, -0.2) is 145 Å². The highest BCUT2D eigenvalue weighted by Gasteiger charge is 2.50. The van der Waals surface area contributed by atoms with Crippen molar-refractivity contribution in [2.45, 2.75) is 76.3 Å². The number of nitrogens with one attached hydrogen (secondary N) is 2. The number of amides is 2. The highest BCUT2D eigenvalue weighted by Crippen LogP contribution is 2.61. The first-order chi connectivity index (χ1) is 26.8. The molecular formula is C27H44N7O20P3S. The lowest BCUT2D eigenvalue weighted by Gasteiger charge is -2.30. The minimum atomic E-state index is -5.60. The second-order valence-electron chi connectivity index (χ2n) is 13.0. The van der Waals surface area contributed by atoms with E-state index in [1.165, 1.54) is 13.8 Å². The Kier molecular flexibility index (Phi) is 17.9. The number of phosphoric acid groups is 3. The summed E-state index contributed by atoms with van der Waals surface area (Å²) in [5, 5.41) is 44.0. The van der Waals surface area contributed by atoms with Gasteiger partial charge in [-0.2, -0.15) is 4.31 Å². The Morgan fingerprint density at radius 3 is 2.34 bits per heavy atom. The number of nitrogen functional groups attached to an aromatic ring is 1. The van der Waals surface area contributed by atoms with E-state index in [1.54, 1.807) is 0 Å². The summed E-state index contributed by atoms with van der Waals surface area (Å²) < 4.78 is 62.0. The first kappa shape index (κ1) is 49.4. The average Bonchev–Trinajstić information content (AvgIpc) is 3.67. The van der Waals surface area contributed by atoms with Crippen molar-refractivity contribution in [1.29, 1.82) is 0 Å². The molecule has 8 atom stereocenters. The van der Waals surface area contributed by atoms with E-state index in [1.807, 2.05) is 0 Å². The number of nitrogens with two attached hydrogens (primary N) is 1. The number of aliphatic hydroxyl groups is 3. The van der Waals surface area contributed by atoms with Crippen molar-refractivity contribution in [2.75, 3.05) is 37.8 Å². The molecule has 0 radical (unpaired) electrons. The van der Waals surface area contributed by atoms with E-state index in [4.69, 9.17) is 24.6 Å². The summed E-state index contributed by atoms with van der Waals surface area (Å²) in [5.74, 6) is -2.59. The molecule has 27 nitrogen and oxygen atoms in total. The smallest absolute Gasteiger partial charge is 0.481 e. The molecule has 58 heavy (non-hydrogen) atoms. The van der Waals surface area contributed by atoms with Crippen LogP contribution in [0, 0.1) is 5.41 Å². The van der Waals surface area contributed by atoms with E-state index in [0.717, 1.165) is 29.0 Å². The molecule has 1 aliphatic heterocycles. The molecule has 1 aliphatic rings. The third-order valence-corrected chi connectivity index (χ3v) is 12.0. The Bertz CT molecular complexity index is 1920. The maximum atomic E-state index is 12.7. The highest BCUT2D eigenvalue weighted by molar-refractivity contribution is 8.13. The Hall–Kier alpha value is -3.01. The Balaban J connectivity index is 1.46. The van der Waals surface area contributed by atoms with Crippen molar-refractivity contribution >= 4 is 75.1 Å². The van der Waals surface area contributed by atoms with Crippen LogP contribution in [0.25, 0.3) is 11.2 Å². The topological polar surface area (TPSA) is 421 Å². The first-order valence-electron chi connectivity index (χ1n) is 16.8. The zero-order valence-corrected chi connectivity index (χ0v) is 34.1. The zero-order chi connectivity index (χ0) is 43.6. The summed E-state index contributed by atoms with van der Waals surface area (Å²) in [6.45, 7) is 0.0945. The monoisotopic (exact) mass is 911 g/mol. The number of aromatic nitrogens is 4. The van der Waals surface area contributed by atoms with Gasteiger partial charge in [0.2, 0.25) is 16.9 Å². The van der Waals surface area contributed by atoms with Crippen LogP contribution < -0.4 is 16.4 Å². The minimum Gasteiger partial charge on any atom is -0.481 e. The van der Waals surface area contributed by atoms with Gasteiger partial charge in [0.1, 0.15) is 42.4 Å². The lowest BCUT2D eigenvalue weighted by Crippen LogP contribution is -2.46. The van der Waals surface area contributed by atoms with Crippen molar-refractivity contribution in [3.8, 4) is 0 Å². The molecule has 31 heteroatoms. The number of rotatable bonds is 24. The summed E-state index contributed by atoms with van der Waals surface area (Å²) in [5.41, 5.74) is 4.18. The summed E-state index contributed by atoms with van der Waals surface area (Å²) in [6.07, 6.45) is -8.62. The number of carbonyl (C=O) groups is 4. The summed E-state index contributed by atoms with van der Waals surface area (Å²) >= 11 is 0.740. The number of anilines is 1. The summed E-state index contributed by atoms with van der Waals surface area (Å²) in [6, 6.07) is 0. The molecule has 12 N–H and O–H groups in total. The van der Waals surface area contributed by atoms with E-state index >= 15 is 0 Å². The fourth-order valence-electron chi connectivity index (χ4n) is 4.94. The lowest BCUT2D eigenvalue weighted by atomic mass is 9.87. The largest absolute Gasteiger partial charge is 0.481 e. The molecule has 328 valence electrons. The zero-order valence-electron chi connectivity index (χ0n) is 30.6. The number of phosphoric ester groups is 3. The minimum absolute atomic E-state index is 0.0156. The number of nitrogens with zero attached hydrogens (tertiary/aromatic N) is 4. The maximum absolute atomic E-state index is 12.7. The predicted molar refractivity (Wildman–Crippen MR) is 195 cm³/mol. The second-order valence-corrected chi connectivity index (χ2v) is 18.4. The second kappa shape index (κ2) is 21.0. The number of carboxylic acid groups (broad SMARTS) is 1. The SMILES string of the molecule is CC(C)(COP(=O)(O)OP(=O)(O)OC[C@H]1O[C@@H](n2cnc3c(N)ncnc32)[C@H](O)[C@@H]1OP(=O)(O)O)C(O)C(=O)NCCC(=O)NCCSC(=O)C(O)CCCC(=O)O. The van der Waals surface area contributed by atoms with E-state index in [2.05, 4.69) is 34.4 Å². The van der Waals surface area contributed by atoms with Gasteiger partial charge in [0, 0.05) is 37.1 Å². The number of imidazole rings is 1. The summed E-state index contributed by atoms with van der Waals surface area (Å²) in [7, 11) is -16.5. The number of ether oxygens (including phenoxy) is 1. The standard InChI is InChI=1S/C27H44N7O20P3S/c1-27(2,21(40)24(41)30-7-6-16(36)29-8-9-58-26(42)14(35)4-3-5-17(37)38)11-51-57(48,49)54-56(46,47)50-10-15-20(53-55(43,44)45)19(39)25(52-15)34-13-33-18-22(28)31-12-32-23(18)34/h12-15,19-21,25,35,39-40H,3-11H2,1-2H3,(H,29,36)(H,30,41)(H,37,38)(H,46,47)(H,48,49)(H2,28,31,32)(H2,43,44,45)/t14?,15-,19-,20-,21?,25-/m1/s1. The van der Waals surface area contributed by atoms with Crippen LogP contribution in [0.15, 0.2) is 12.7 Å². The van der Waals surface area contributed by atoms with Crippen LogP contribution in [0.3, 0.4) is 0 Å². The van der Waals surface area contributed by atoms with Gasteiger partial charge in [-0.05, 0) is 12.8 Å². The molecule has 2 aromatic heterocycles. The number of aliphatic carboxylic acids is 1. The van der Waals surface area contributed by atoms with Gasteiger partial charge in [-0.3, -0.25) is 37.3 Å². The van der Waals surface area contributed by atoms with E-state index < -0.39 is 102 Å². The van der Waals surface area contributed by atoms with Gasteiger partial charge in [-0.15, -0.1) is 0 Å². The molecule has 2 amide bonds. The fourth-order valence-corrected chi connectivity index (χ4v) is 8.49. The number of hydrogen-bond donors (Lipinski definition) is 11. The molecule has 0 aromatic carbocycles. The van der Waals surface area contributed by atoms with Gasteiger partial charge < -0.3 is 61.1 Å². The Labute approximate surface area is 332 Å². The van der Waals surface area contributed by atoms with Gasteiger partial charge in [0.15, 0.2) is 17.7 Å². The molecule has 0 aliphatic carbocycles. The van der Waals surface area contributed by atoms with Gasteiger partial charge in [0.05, 0.1) is 19.5 Å². The molecule has 3 rings (SSSR count). The van der Waals surface area contributed by atoms with Crippen LogP contribution in [0.4, 0.5) is 5.82 Å². The molecule has 2 aromatic rings. The fraction of sp³-hybridized carbons (Fsp3) is 0.667. The first-order valence-corrected chi connectivity index (χ1v) is 22.3. The molecule has 3 heterocycles. The quantitative estimate of drug-likeness (QED) is 0.0412. The van der Waals surface area contributed by atoms with Crippen LogP contribution in [0.1, 0.15) is 45.8 Å². The molecule has 1 fully saturated rings. The van der Waals surface area contributed by atoms with Crippen LogP contribution in [-0.2, 0) is 55.5 Å². The van der Waals surface area contributed by atoms with Gasteiger partial charge in [0.25, 0.3) is 0 Å². The van der Waals surface area contributed by atoms with E-state index in [0.29, 0.717) is 0 Å². The average molecular weight is 912 g/mol.